The standard InChI is InChI=1S/C10H14BNO2/c1-11(2)8-4-7(10(13)14)5-9(6-8)12-3/h4-6,12H,1-3H3,(H,13,14). The van der Waals surface area contributed by atoms with Gasteiger partial charge in [0.15, 0.2) is 6.71 Å². The predicted octanol–water partition coefficient (Wildman–Crippen LogP) is 1.39. The number of nitrogens with one attached hydrogen (secondary N) is 1. The van der Waals surface area contributed by atoms with Gasteiger partial charge < -0.3 is 10.4 Å². The van der Waals surface area contributed by atoms with Crippen molar-refractivity contribution in [2.45, 2.75) is 13.6 Å². The van der Waals surface area contributed by atoms with Crippen molar-refractivity contribution in [3.05, 3.63) is 23.8 Å². The number of carboxylic acid groups (broad SMARTS) is 1. The summed E-state index contributed by atoms with van der Waals surface area (Å²) in [6, 6.07) is 5.32. The van der Waals surface area contributed by atoms with Crippen LogP contribution in [0.3, 0.4) is 0 Å². The van der Waals surface area contributed by atoms with Gasteiger partial charge in [0.2, 0.25) is 0 Å². The molecule has 0 heterocycles. The Labute approximate surface area is 84.2 Å². The van der Waals surface area contributed by atoms with Crippen LogP contribution >= 0.6 is 0 Å². The normalized spacial score (nSPS) is 9.64. The topological polar surface area (TPSA) is 49.3 Å². The third-order valence-corrected chi connectivity index (χ3v) is 2.16. The van der Waals surface area contributed by atoms with E-state index < -0.39 is 5.97 Å². The summed E-state index contributed by atoms with van der Waals surface area (Å²) in [5.74, 6) is -0.885. The summed E-state index contributed by atoms with van der Waals surface area (Å²) in [5.41, 5.74) is 2.21. The second-order valence-electron chi connectivity index (χ2n) is 3.55. The first-order chi connectivity index (χ1) is 6.54. The Morgan fingerprint density at radius 3 is 2.43 bits per heavy atom. The van der Waals surface area contributed by atoms with E-state index in [0.29, 0.717) is 12.3 Å². The maximum atomic E-state index is 10.8. The van der Waals surface area contributed by atoms with Gasteiger partial charge in [-0.25, -0.2) is 4.79 Å². The lowest BCUT2D eigenvalue weighted by Gasteiger charge is -2.08. The molecule has 3 nitrogen and oxygen atoms in total. The van der Waals surface area contributed by atoms with Gasteiger partial charge in [-0.05, 0) is 12.1 Å². The highest BCUT2D eigenvalue weighted by molar-refractivity contribution is 6.70. The molecule has 0 unspecified atom stereocenters. The largest absolute Gasteiger partial charge is 0.478 e. The fraction of sp³-hybridized carbons (Fsp3) is 0.300. The Morgan fingerprint density at radius 2 is 2.00 bits per heavy atom. The number of carboxylic acids is 1. The molecule has 0 aliphatic rings. The maximum Gasteiger partial charge on any atom is 0.335 e. The van der Waals surface area contributed by atoms with E-state index in [1.807, 2.05) is 19.7 Å². The zero-order chi connectivity index (χ0) is 10.7. The van der Waals surface area contributed by atoms with Crippen LogP contribution in [0.4, 0.5) is 5.69 Å². The Hall–Kier alpha value is -1.45. The molecule has 4 heteroatoms. The van der Waals surface area contributed by atoms with Crippen molar-refractivity contribution in [1.82, 2.24) is 0 Å². The van der Waals surface area contributed by atoms with Crippen LogP contribution in [0, 0.1) is 0 Å². The molecule has 0 amide bonds. The van der Waals surface area contributed by atoms with Crippen LogP contribution in [0.25, 0.3) is 0 Å². The molecule has 0 aliphatic carbocycles. The quantitative estimate of drug-likeness (QED) is 0.709. The lowest BCUT2D eigenvalue weighted by Crippen LogP contribution is -2.24. The van der Waals surface area contributed by atoms with E-state index in [0.717, 1.165) is 11.2 Å². The number of hydrogen-bond acceptors (Lipinski definition) is 2. The van der Waals surface area contributed by atoms with E-state index in [9.17, 15) is 4.79 Å². The molecule has 0 spiro atoms. The van der Waals surface area contributed by atoms with Gasteiger partial charge in [-0.2, -0.15) is 0 Å². The summed E-state index contributed by atoms with van der Waals surface area (Å²) < 4.78 is 0. The number of benzene rings is 1. The van der Waals surface area contributed by atoms with Gasteiger partial charge in [0.25, 0.3) is 0 Å². The number of hydrogen-bond donors (Lipinski definition) is 2. The summed E-state index contributed by atoms with van der Waals surface area (Å²) in [7, 11) is 1.78. The van der Waals surface area contributed by atoms with E-state index in [1.165, 1.54) is 0 Å². The molecule has 0 saturated carbocycles. The Balaban J connectivity index is 3.20. The summed E-state index contributed by atoms with van der Waals surface area (Å²) in [4.78, 5) is 10.8. The molecule has 0 bridgehead atoms. The zero-order valence-corrected chi connectivity index (χ0v) is 8.66. The lowest BCUT2D eigenvalue weighted by atomic mass is 9.49. The molecule has 14 heavy (non-hydrogen) atoms. The number of carbonyl (C=O) groups is 1. The third-order valence-electron chi connectivity index (χ3n) is 2.16. The van der Waals surface area contributed by atoms with Crippen LogP contribution in [0.2, 0.25) is 13.6 Å². The number of anilines is 1. The highest BCUT2D eigenvalue weighted by atomic mass is 16.4. The maximum absolute atomic E-state index is 10.8. The molecule has 0 fully saturated rings. The van der Waals surface area contributed by atoms with Crippen molar-refractivity contribution in [3.63, 3.8) is 0 Å². The van der Waals surface area contributed by atoms with Crippen LogP contribution in [-0.4, -0.2) is 24.8 Å². The SMILES string of the molecule is CNc1cc(B(C)C)cc(C(=O)O)c1. The van der Waals surface area contributed by atoms with E-state index >= 15 is 0 Å². The second kappa shape index (κ2) is 4.18. The van der Waals surface area contributed by atoms with Crippen molar-refractivity contribution in [2.75, 3.05) is 12.4 Å². The van der Waals surface area contributed by atoms with Gasteiger partial charge >= 0.3 is 5.97 Å². The number of aromatic carboxylic acids is 1. The highest BCUT2D eigenvalue weighted by Crippen LogP contribution is 2.09. The van der Waals surface area contributed by atoms with E-state index in [4.69, 9.17) is 5.11 Å². The van der Waals surface area contributed by atoms with Crippen LogP contribution in [0.15, 0.2) is 18.2 Å². The molecule has 74 valence electrons. The van der Waals surface area contributed by atoms with Crippen molar-refractivity contribution in [3.8, 4) is 0 Å². The van der Waals surface area contributed by atoms with Gasteiger partial charge in [-0.1, -0.05) is 25.2 Å². The minimum Gasteiger partial charge on any atom is -0.478 e. The first kappa shape index (κ1) is 10.6. The zero-order valence-electron chi connectivity index (χ0n) is 8.66. The molecule has 0 saturated heterocycles. The first-order valence-corrected chi connectivity index (χ1v) is 4.60. The fourth-order valence-corrected chi connectivity index (χ4v) is 1.25. The highest BCUT2D eigenvalue weighted by Gasteiger charge is 2.09. The Kier molecular flexibility index (Phi) is 3.17. The fourth-order valence-electron chi connectivity index (χ4n) is 1.25. The minimum absolute atomic E-state index is 0.334. The van der Waals surface area contributed by atoms with Crippen molar-refractivity contribution in [1.29, 1.82) is 0 Å². The second-order valence-corrected chi connectivity index (χ2v) is 3.55. The monoisotopic (exact) mass is 191 g/mol. The van der Waals surface area contributed by atoms with E-state index in [2.05, 4.69) is 5.32 Å². The molecule has 2 N–H and O–H groups in total. The van der Waals surface area contributed by atoms with Crippen LogP contribution in [-0.2, 0) is 0 Å². The van der Waals surface area contributed by atoms with E-state index in [-0.39, 0.29) is 0 Å². The lowest BCUT2D eigenvalue weighted by molar-refractivity contribution is 0.0697. The number of rotatable bonds is 3. The van der Waals surface area contributed by atoms with E-state index in [1.54, 1.807) is 19.2 Å². The molecule has 0 aromatic heterocycles. The molecule has 0 radical (unpaired) electrons. The molecule has 1 rings (SSSR count). The molecular weight excluding hydrogens is 177 g/mol. The average molecular weight is 191 g/mol. The summed E-state index contributed by atoms with van der Waals surface area (Å²) in [6.07, 6.45) is 0. The third kappa shape index (κ3) is 2.28. The summed E-state index contributed by atoms with van der Waals surface area (Å²) >= 11 is 0. The molecule has 0 aliphatic heterocycles. The van der Waals surface area contributed by atoms with Crippen molar-refractivity contribution >= 4 is 23.8 Å². The average Bonchev–Trinajstić information content (AvgIpc) is 2.16. The van der Waals surface area contributed by atoms with Gasteiger partial charge in [-0.15, -0.1) is 0 Å². The minimum atomic E-state index is -0.885. The molecule has 0 atom stereocenters. The van der Waals surface area contributed by atoms with Gasteiger partial charge in [0, 0.05) is 12.7 Å². The van der Waals surface area contributed by atoms with Gasteiger partial charge in [-0.3, -0.25) is 0 Å². The first-order valence-electron chi connectivity index (χ1n) is 4.60. The summed E-state index contributed by atoms with van der Waals surface area (Å²) in [5, 5.41) is 11.8. The molecule has 1 aromatic rings. The van der Waals surface area contributed by atoms with Gasteiger partial charge in [0.1, 0.15) is 0 Å². The molecule has 1 aromatic carbocycles. The van der Waals surface area contributed by atoms with Crippen LogP contribution in [0.5, 0.6) is 0 Å². The Morgan fingerprint density at radius 1 is 1.36 bits per heavy atom. The van der Waals surface area contributed by atoms with Crippen molar-refractivity contribution in [2.24, 2.45) is 0 Å². The predicted molar refractivity (Wildman–Crippen MR) is 60.1 cm³/mol. The van der Waals surface area contributed by atoms with Crippen LogP contribution in [0.1, 0.15) is 10.4 Å². The van der Waals surface area contributed by atoms with Crippen molar-refractivity contribution < 1.29 is 9.90 Å². The molecular formula is C10H14BNO2. The van der Waals surface area contributed by atoms with Crippen LogP contribution < -0.4 is 10.8 Å². The Bertz CT molecular complexity index is 350. The summed E-state index contributed by atoms with van der Waals surface area (Å²) in [6.45, 7) is 4.42. The van der Waals surface area contributed by atoms with Gasteiger partial charge in [0.05, 0.1) is 5.56 Å². The smallest absolute Gasteiger partial charge is 0.335 e.